The molecule has 3 N–H and O–H groups in total. The first-order chi connectivity index (χ1) is 6.76. The van der Waals surface area contributed by atoms with E-state index in [-0.39, 0.29) is 12.5 Å². The predicted molar refractivity (Wildman–Crippen MR) is 59.0 cm³/mol. The van der Waals surface area contributed by atoms with E-state index in [0.717, 1.165) is 5.75 Å². The number of nitrogens with one attached hydrogen (secondary N) is 1. The summed E-state index contributed by atoms with van der Waals surface area (Å²) in [5, 5.41) is 2.71. The third-order valence-electron chi connectivity index (χ3n) is 1.52. The largest absolute Gasteiger partial charge is 0.370 e. The van der Waals surface area contributed by atoms with Crippen LogP contribution in [0.15, 0.2) is 0 Å². The number of methoxy groups -OCH3 is 1. The van der Waals surface area contributed by atoms with E-state index in [2.05, 4.69) is 11.2 Å². The van der Waals surface area contributed by atoms with Gasteiger partial charge in [-0.15, -0.1) is 18.2 Å². The molecule has 0 spiro atoms. The Labute approximate surface area is 88.9 Å². The highest BCUT2D eigenvalue weighted by molar-refractivity contribution is 7.99. The molecule has 4 nitrogen and oxygen atoms in total. The Morgan fingerprint density at radius 3 is 3.00 bits per heavy atom. The molecule has 0 aliphatic rings. The second-order valence-corrected chi connectivity index (χ2v) is 3.61. The zero-order chi connectivity index (χ0) is 10.8. The molecule has 0 rings (SSSR count). The molecular weight excluding hydrogens is 200 g/mol. The molecule has 0 saturated carbocycles. The van der Waals surface area contributed by atoms with Crippen LogP contribution in [0.2, 0.25) is 0 Å². The molecule has 0 fully saturated rings. The van der Waals surface area contributed by atoms with Gasteiger partial charge >= 0.3 is 0 Å². The van der Waals surface area contributed by atoms with Crippen molar-refractivity contribution in [2.45, 2.75) is 6.10 Å². The molecule has 1 unspecified atom stereocenters. The van der Waals surface area contributed by atoms with Crippen LogP contribution in [0.25, 0.3) is 0 Å². The van der Waals surface area contributed by atoms with Crippen LogP contribution in [0.1, 0.15) is 0 Å². The molecule has 1 atom stereocenters. The average molecular weight is 216 g/mol. The lowest BCUT2D eigenvalue weighted by Gasteiger charge is -2.12. The molecule has 5 heteroatoms. The van der Waals surface area contributed by atoms with Crippen LogP contribution in [0.3, 0.4) is 0 Å². The normalized spacial score (nSPS) is 11.8. The van der Waals surface area contributed by atoms with Crippen molar-refractivity contribution in [2.75, 3.05) is 31.7 Å². The average Bonchev–Trinajstić information content (AvgIpc) is 2.19. The Morgan fingerprint density at radius 2 is 2.50 bits per heavy atom. The second-order valence-electron chi connectivity index (χ2n) is 2.51. The molecule has 0 bridgehead atoms. The molecule has 0 aromatic heterocycles. The van der Waals surface area contributed by atoms with Gasteiger partial charge in [0.2, 0.25) is 5.91 Å². The Balaban J connectivity index is 3.48. The van der Waals surface area contributed by atoms with Crippen LogP contribution in [-0.4, -0.2) is 43.7 Å². The van der Waals surface area contributed by atoms with E-state index in [1.165, 1.54) is 7.11 Å². The fraction of sp³-hybridized carbons (Fsp3) is 0.667. The van der Waals surface area contributed by atoms with Crippen LogP contribution >= 0.6 is 11.8 Å². The minimum Gasteiger partial charge on any atom is -0.370 e. The van der Waals surface area contributed by atoms with Gasteiger partial charge < -0.3 is 15.8 Å². The lowest BCUT2D eigenvalue weighted by molar-refractivity contribution is -0.130. The zero-order valence-electron chi connectivity index (χ0n) is 8.29. The Morgan fingerprint density at radius 1 is 1.79 bits per heavy atom. The van der Waals surface area contributed by atoms with E-state index in [1.54, 1.807) is 11.8 Å². The monoisotopic (exact) mass is 216 g/mol. The molecule has 14 heavy (non-hydrogen) atoms. The molecule has 0 heterocycles. The van der Waals surface area contributed by atoms with Crippen molar-refractivity contribution in [3.8, 4) is 12.3 Å². The molecular formula is C9H16N2O2S. The van der Waals surface area contributed by atoms with Crippen molar-refractivity contribution in [1.29, 1.82) is 0 Å². The lowest BCUT2D eigenvalue weighted by atomic mass is 10.3. The summed E-state index contributed by atoms with van der Waals surface area (Å²) in [6.07, 6.45) is 4.52. The number of ether oxygens (including phenoxy) is 1. The van der Waals surface area contributed by atoms with Gasteiger partial charge in [-0.2, -0.15) is 0 Å². The van der Waals surface area contributed by atoms with Crippen molar-refractivity contribution >= 4 is 17.7 Å². The first kappa shape index (κ1) is 13.3. The summed E-state index contributed by atoms with van der Waals surface area (Å²) >= 11 is 1.60. The number of terminal acetylenes is 1. The van der Waals surface area contributed by atoms with E-state index in [9.17, 15) is 4.79 Å². The summed E-state index contributed by atoms with van der Waals surface area (Å²) in [6, 6.07) is 0. The van der Waals surface area contributed by atoms with E-state index >= 15 is 0 Å². The summed E-state index contributed by atoms with van der Waals surface area (Å²) in [6.45, 7) is 0.783. The predicted octanol–water partition coefficient (Wildman–Crippen LogP) is -0.557. The SMILES string of the molecule is C#CCSCCNC(=O)C(CN)OC. The topological polar surface area (TPSA) is 64.4 Å². The van der Waals surface area contributed by atoms with E-state index in [0.29, 0.717) is 12.3 Å². The van der Waals surface area contributed by atoms with Gasteiger partial charge in [-0.1, -0.05) is 5.92 Å². The molecule has 0 aliphatic carbocycles. The second kappa shape index (κ2) is 8.88. The number of nitrogens with two attached hydrogens (primary N) is 1. The van der Waals surface area contributed by atoms with Gasteiger partial charge in [-0.3, -0.25) is 4.79 Å². The van der Waals surface area contributed by atoms with E-state index in [1.807, 2.05) is 0 Å². The van der Waals surface area contributed by atoms with Crippen molar-refractivity contribution in [2.24, 2.45) is 5.73 Å². The molecule has 0 radical (unpaired) electrons. The van der Waals surface area contributed by atoms with Gasteiger partial charge in [-0.05, 0) is 0 Å². The third-order valence-corrected chi connectivity index (χ3v) is 2.39. The van der Waals surface area contributed by atoms with Gasteiger partial charge in [0.25, 0.3) is 0 Å². The van der Waals surface area contributed by atoms with Gasteiger partial charge in [0.1, 0.15) is 6.10 Å². The highest BCUT2D eigenvalue weighted by Crippen LogP contribution is 1.95. The standard InChI is InChI=1S/C9H16N2O2S/c1-3-5-14-6-4-11-9(12)8(7-10)13-2/h1,8H,4-7,10H2,2H3,(H,11,12). The minimum absolute atomic E-state index is 0.170. The molecule has 0 aromatic carbocycles. The summed E-state index contributed by atoms with van der Waals surface area (Å²) in [4.78, 5) is 11.3. The third kappa shape index (κ3) is 5.86. The number of rotatable bonds is 7. The minimum atomic E-state index is -0.548. The molecule has 80 valence electrons. The molecule has 1 amide bonds. The van der Waals surface area contributed by atoms with Crippen LogP contribution < -0.4 is 11.1 Å². The maximum atomic E-state index is 11.3. The maximum absolute atomic E-state index is 11.3. The molecule has 0 aliphatic heterocycles. The molecule has 0 saturated heterocycles. The Hall–Kier alpha value is -0.700. The van der Waals surface area contributed by atoms with Crippen molar-refractivity contribution in [3.05, 3.63) is 0 Å². The summed E-state index contributed by atoms with van der Waals surface area (Å²) in [5.74, 6) is 3.81. The number of hydrogen-bond donors (Lipinski definition) is 2. The first-order valence-corrected chi connectivity index (χ1v) is 5.43. The summed E-state index contributed by atoms with van der Waals surface area (Å²) in [7, 11) is 1.46. The number of carbonyl (C=O) groups is 1. The van der Waals surface area contributed by atoms with Crippen LogP contribution in [0, 0.1) is 12.3 Å². The quantitative estimate of drug-likeness (QED) is 0.442. The van der Waals surface area contributed by atoms with Gasteiger partial charge in [-0.25, -0.2) is 0 Å². The van der Waals surface area contributed by atoms with Gasteiger partial charge in [0.15, 0.2) is 0 Å². The summed E-state index contributed by atoms with van der Waals surface area (Å²) < 4.78 is 4.86. The van der Waals surface area contributed by atoms with Gasteiger partial charge in [0.05, 0.1) is 5.75 Å². The number of hydrogen-bond acceptors (Lipinski definition) is 4. The lowest BCUT2D eigenvalue weighted by Crippen LogP contribution is -2.41. The fourth-order valence-electron chi connectivity index (χ4n) is 0.802. The van der Waals surface area contributed by atoms with Crippen molar-refractivity contribution in [1.82, 2.24) is 5.32 Å². The van der Waals surface area contributed by atoms with Gasteiger partial charge in [0, 0.05) is 26.0 Å². The number of carbonyl (C=O) groups excluding carboxylic acids is 1. The van der Waals surface area contributed by atoms with Crippen LogP contribution in [-0.2, 0) is 9.53 Å². The van der Waals surface area contributed by atoms with Crippen molar-refractivity contribution < 1.29 is 9.53 Å². The first-order valence-electron chi connectivity index (χ1n) is 4.28. The summed E-state index contributed by atoms with van der Waals surface area (Å²) in [5.41, 5.74) is 5.32. The van der Waals surface area contributed by atoms with E-state index in [4.69, 9.17) is 16.9 Å². The Bertz CT molecular complexity index is 199. The fourth-order valence-corrected chi connectivity index (χ4v) is 1.31. The maximum Gasteiger partial charge on any atom is 0.250 e. The Kier molecular flexibility index (Phi) is 8.43. The number of thioether (sulfide) groups is 1. The smallest absolute Gasteiger partial charge is 0.250 e. The van der Waals surface area contributed by atoms with E-state index < -0.39 is 6.10 Å². The van der Waals surface area contributed by atoms with Crippen LogP contribution in [0.4, 0.5) is 0 Å². The molecule has 0 aromatic rings. The van der Waals surface area contributed by atoms with Crippen LogP contribution in [0.5, 0.6) is 0 Å². The number of amides is 1. The zero-order valence-corrected chi connectivity index (χ0v) is 9.10. The highest BCUT2D eigenvalue weighted by atomic mass is 32.2. The highest BCUT2D eigenvalue weighted by Gasteiger charge is 2.14. The van der Waals surface area contributed by atoms with Crippen molar-refractivity contribution in [3.63, 3.8) is 0 Å².